The van der Waals surface area contributed by atoms with Crippen molar-refractivity contribution >= 4 is 0 Å². The van der Waals surface area contributed by atoms with Crippen molar-refractivity contribution in [2.24, 2.45) is 0 Å². The molecule has 1 fully saturated rings. The van der Waals surface area contributed by atoms with E-state index in [0.717, 1.165) is 0 Å². The van der Waals surface area contributed by atoms with Crippen molar-refractivity contribution in [3.8, 4) is 0 Å². The molecule has 1 aliphatic rings. The Morgan fingerprint density at radius 1 is 0.333 bits per heavy atom. The van der Waals surface area contributed by atoms with E-state index in [9.17, 15) is 26.3 Å². The van der Waals surface area contributed by atoms with Gasteiger partial charge >= 0.3 is 0 Å². The molecule has 0 spiro atoms. The highest BCUT2D eigenvalue weighted by molar-refractivity contribution is 4.99. The molecule has 0 nitrogen and oxygen atoms in total. The molecule has 0 heterocycles. The number of rotatable bonds is 0. The van der Waals surface area contributed by atoms with Crippen LogP contribution in [0.5, 0.6) is 0 Å². The van der Waals surface area contributed by atoms with Gasteiger partial charge in [-0.15, -0.1) is 0 Å². The van der Waals surface area contributed by atoms with Gasteiger partial charge in [0.15, 0.2) is 37.0 Å². The van der Waals surface area contributed by atoms with Crippen LogP contribution < -0.4 is 0 Å². The Hall–Kier alpha value is -0.420. The molecule has 0 radical (unpaired) electrons. The van der Waals surface area contributed by atoms with Gasteiger partial charge in [-0.3, -0.25) is 0 Å². The fourth-order valence-electron chi connectivity index (χ4n) is 1.05. The van der Waals surface area contributed by atoms with E-state index in [1.807, 2.05) is 0 Å². The largest absolute Gasteiger partial charge is 0.241 e. The first-order chi connectivity index (χ1) is 5.46. The third-order valence-corrected chi connectivity index (χ3v) is 1.83. The van der Waals surface area contributed by atoms with E-state index in [2.05, 4.69) is 0 Å². The minimum absolute atomic E-state index is 2.91. The molecule has 0 bridgehead atoms. The van der Waals surface area contributed by atoms with Crippen molar-refractivity contribution in [3.63, 3.8) is 0 Å². The summed E-state index contributed by atoms with van der Waals surface area (Å²) in [6, 6.07) is 0. The topological polar surface area (TPSA) is 0 Å². The standard InChI is InChI=1S/C6H6F6/c7-1-2(8)4(10)6(12)5(11)3(1)9/h1-6H/t1-,2+,3-,4+,5-,6+. The van der Waals surface area contributed by atoms with Crippen LogP contribution >= 0.6 is 0 Å². The molecular formula is C6H6F6. The summed E-state index contributed by atoms with van der Waals surface area (Å²) in [6.45, 7) is 0. The minimum Gasteiger partial charge on any atom is -0.241 e. The van der Waals surface area contributed by atoms with Gasteiger partial charge in [-0.1, -0.05) is 0 Å². The molecule has 0 aromatic rings. The molecule has 0 N–H and O–H groups in total. The Morgan fingerprint density at radius 2 is 0.417 bits per heavy atom. The molecule has 6 heteroatoms. The Balaban J connectivity index is 2.76. The summed E-state index contributed by atoms with van der Waals surface area (Å²) in [4.78, 5) is 0. The van der Waals surface area contributed by atoms with Crippen LogP contribution in [0, 0.1) is 0 Å². The van der Waals surface area contributed by atoms with E-state index >= 15 is 0 Å². The lowest BCUT2D eigenvalue weighted by molar-refractivity contribution is -0.0969. The first-order valence-corrected chi connectivity index (χ1v) is 3.31. The number of hydrogen-bond donors (Lipinski definition) is 0. The summed E-state index contributed by atoms with van der Waals surface area (Å²) < 4.78 is 73.5. The van der Waals surface area contributed by atoms with Gasteiger partial charge in [0, 0.05) is 0 Å². The summed E-state index contributed by atoms with van der Waals surface area (Å²) >= 11 is 0. The maximum Gasteiger partial charge on any atom is 0.168 e. The van der Waals surface area contributed by atoms with Gasteiger partial charge in [0.2, 0.25) is 0 Å². The fraction of sp³-hybridized carbons (Fsp3) is 1.00. The van der Waals surface area contributed by atoms with Crippen LogP contribution in [-0.4, -0.2) is 37.0 Å². The smallest absolute Gasteiger partial charge is 0.168 e. The van der Waals surface area contributed by atoms with Crippen LogP contribution in [0.3, 0.4) is 0 Å². The van der Waals surface area contributed by atoms with Crippen molar-refractivity contribution in [1.29, 1.82) is 0 Å². The van der Waals surface area contributed by atoms with Crippen molar-refractivity contribution in [2.45, 2.75) is 37.0 Å². The molecular weight excluding hydrogens is 186 g/mol. The van der Waals surface area contributed by atoms with E-state index < -0.39 is 37.0 Å². The molecule has 0 aromatic carbocycles. The van der Waals surface area contributed by atoms with E-state index in [-0.39, 0.29) is 0 Å². The Morgan fingerprint density at radius 3 is 0.500 bits per heavy atom. The van der Waals surface area contributed by atoms with Gasteiger partial charge < -0.3 is 0 Å². The van der Waals surface area contributed by atoms with Gasteiger partial charge in [-0.25, -0.2) is 26.3 Å². The molecule has 0 unspecified atom stereocenters. The second-order valence-corrected chi connectivity index (χ2v) is 2.67. The summed E-state index contributed by atoms with van der Waals surface area (Å²) in [5.74, 6) is 0. The van der Waals surface area contributed by atoms with Gasteiger partial charge in [-0.2, -0.15) is 0 Å². The van der Waals surface area contributed by atoms with Gasteiger partial charge in [-0.05, 0) is 0 Å². The summed E-state index contributed by atoms with van der Waals surface area (Å²) in [5.41, 5.74) is 0. The zero-order valence-electron chi connectivity index (χ0n) is 5.73. The molecule has 72 valence electrons. The summed E-state index contributed by atoms with van der Waals surface area (Å²) in [5, 5.41) is 0. The first-order valence-electron chi connectivity index (χ1n) is 3.31. The van der Waals surface area contributed by atoms with Crippen molar-refractivity contribution in [2.75, 3.05) is 0 Å². The Labute approximate surface area is 64.6 Å². The zero-order valence-corrected chi connectivity index (χ0v) is 5.73. The number of alkyl halides is 6. The molecule has 12 heavy (non-hydrogen) atoms. The van der Waals surface area contributed by atoms with Crippen LogP contribution in [0.15, 0.2) is 0 Å². The zero-order chi connectivity index (χ0) is 9.46. The molecule has 0 atom stereocenters. The summed E-state index contributed by atoms with van der Waals surface area (Å²) in [7, 11) is 0. The molecule has 0 amide bonds. The maximum atomic E-state index is 12.2. The van der Waals surface area contributed by atoms with Crippen molar-refractivity contribution < 1.29 is 26.3 Å². The van der Waals surface area contributed by atoms with E-state index in [0.29, 0.717) is 0 Å². The van der Waals surface area contributed by atoms with Crippen LogP contribution in [0.4, 0.5) is 26.3 Å². The van der Waals surface area contributed by atoms with E-state index in [1.54, 1.807) is 0 Å². The first kappa shape index (κ1) is 9.67. The van der Waals surface area contributed by atoms with Gasteiger partial charge in [0.1, 0.15) is 0 Å². The third-order valence-electron chi connectivity index (χ3n) is 1.83. The lowest BCUT2D eigenvalue weighted by Gasteiger charge is -2.31. The van der Waals surface area contributed by atoms with Crippen LogP contribution in [0.1, 0.15) is 0 Å². The highest BCUT2D eigenvalue weighted by Crippen LogP contribution is 2.33. The number of hydrogen-bond acceptors (Lipinski definition) is 0. The lowest BCUT2D eigenvalue weighted by atomic mass is 9.90. The fourth-order valence-corrected chi connectivity index (χ4v) is 1.05. The van der Waals surface area contributed by atoms with E-state index in [1.165, 1.54) is 0 Å². The predicted molar refractivity (Wildman–Crippen MR) is 29.4 cm³/mol. The molecule has 0 saturated heterocycles. The number of halogens is 6. The van der Waals surface area contributed by atoms with Crippen molar-refractivity contribution in [3.05, 3.63) is 0 Å². The lowest BCUT2D eigenvalue weighted by Crippen LogP contribution is -2.54. The van der Waals surface area contributed by atoms with Crippen LogP contribution in [0.2, 0.25) is 0 Å². The normalized spacial score (nSPS) is 55.5. The third kappa shape index (κ3) is 1.27. The second kappa shape index (κ2) is 3.14. The monoisotopic (exact) mass is 192 g/mol. The molecule has 0 aromatic heterocycles. The van der Waals surface area contributed by atoms with Crippen molar-refractivity contribution in [1.82, 2.24) is 0 Å². The van der Waals surface area contributed by atoms with Gasteiger partial charge in [0.25, 0.3) is 0 Å². The molecule has 1 saturated carbocycles. The predicted octanol–water partition coefficient (Wildman–Crippen LogP) is 2.03. The second-order valence-electron chi connectivity index (χ2n) is 2.67. The van der Waals surface area contributed by atoms with Crippen LogP contribution in [0.25, 0.3) is 0 Å². The van der Waals surface area contributed by atoms with E-state index in [4.69, 9.17) is 0 Å². The highest BCUT2D eigenvalue weighted by Gasteiger charge is 2.54. The summed E-state index contributed by atoms with van der Waals surface area (Å²) in [6.07, 6.45) is -17.5. The average Bonchev–Trinajstić information content (AvgIpc) is 2.08. The quantitative estimate of drug-likeness (QED) is 0.515. The Bertz CT molecular complexity index is 104. The van der Waals surface area contributed by atoms with Crippen LogP contribution in [-0.2, 0) is 0 Å². The maximum absolute atomic E-state index is 12.2. The molecule has 0 aliphatic heterocycles. The highest BCUT2D eigenvalue weighted by atomic mass is 19.2. The van der Waals surface area contributed by atoms with Gasteiger partial charge in [0.05, 0.1) is 0 Å². The molecule has 1 rings (SSSR count). The Kier molecular flexibility index (Phi) is 2.53. The average molecular weight is 192 g/mol. The SMILES string of the molecule is F[C@H]1[C@@H](F)[C@@H](F)[C@@H](F)[C@@H](F)[C@H]1F. The molecule has 1 aliphatic carbocycles. The minimum atomic E-state index is -2.91.